The summed E-state index contributed by atoms with van der Waals surface area (Å²) in [6.07, 6.45) is 6.85. The van der Waals surface area contributed by atoms with E-state index in [4.69, 9.17) is 0 Å². The van der Waals surface area contributed by atoms with Crippen molar-refractivity contribution in [1.29, 1.82) is 0 Å². The number of nitrogens with zero attached hydrogens (tertiary/aromatic N) is 1. The summed E-state index contributed by atoms with van der Waals surface area (Å²) in [5.74, 6) is 1.02. The van der Waals surface area contributed by atoms with Crippen LogP contribution in [0.1, 0.15) is 66.7 Å². The van der Waals surface area contributed by atoms with Crippen molar-refractivity contribution in [3.63, 3.8) is 0 Å². The van der Waals surface area contributed by atoms with Gasteiger partial charge in [-0.2, -0.15) is 0 Å². The normalized spacial score (nSPS) is 18.3. The van der Waals surface area contributed by atoms with Crippen molar-refractivity contribution in [1.82, 2.24) is 10.2 Å². The Bertz CT molecular complexity index is 216. The minimum Gasteiger partial charge on any atom is -0.312 e. The third kappa shape index (κ3) is 7.38. The van der Waals surface area contributed by atoms with Crippen molar-refractivity contribution in [2.75, 3.05) is 19.6 Å². The molecule has 0 aromatic heterocycles. The second-order valence-electron chi connectivity index (χ2n) is 7.11. The summed E-state index contributed by atoms with van der Waals surface area (Å²) in [5.41, 5.74) is 0.264. The second kappa shape index (κ2) is 7.49. The maximum absolute atomic E-state index is 3.58. The van der Waals surface area contributed by atoms with Crippen molar-refractivity contribution < 1.29 is 0 Å². The summed E-state index contributed by atoms with van der Waals surface area (Å²) in [6, 6.07) is 0.757. The monoisotopic (exact) mass is 254 g/mol. The Labute approximate surface area is 115 Å². The van der Waals surface area contributed by atoms with Gasteiger partial charge in [-0.05, 0) is 78.8 Å². The smallest absolute Gasteiger partial charge is 0.00965 e. The first kappa shape index (κ1) is 16.0. The van der Waals surface area contributed by atoms with Crippen molar-refractivity contribution in [3.8, 4) is 0 Å². The highest BCUT2D eigenvalue weighted by molar-refractivity contribution is 4.80. The third-order valence-corrected chi connectivity index (χ3v) is 3.78. The van der Waals surface area contributed by atoms with Gasteiger partial charge in [-0.3, -0.25) is 0 Å². The van der Waals surface area contributed by atoms with Gasteiger partial charge in [-0.25, -0.2) is 0 Å². The van der Waals surface area contributed by atoms with Gasteiger partial charge >= 0.3 is 0 Å². The molecule has 1 saturated carbocycles. The molecule has 1 rings (SSSR count). The molecule has 2 heteroatoms. The molecule has 1 N–H and O–H groups in total. The standard InChI is InChI=1S/C16H34N2/c1-6-12-18(13-15-9-10-15)14(2)8-7-11-17-16(3,4)5/h14-15,17H,6-13H2,1-5H3. The molecule has 1 fully saturated rings. The lowest BCUT2D eigenvalue weighted by atomic mass is 10.1. The predicted molar refractivity (Wildman–Crippen MR) is 81.0 cm³/mol. The van der Waals surface area contributed by atoms with Crippen molar-refractivity contribution in [2.45, 2.75) is 78.3 Å². The first-order valence-corrected chi connectivity index (χ1v) is 7.91. The van der Waals surface area contributed by atoms with Crippen LogP contribution in [0.4, 0.5) is 0 Å². The lowest BCUT2D eigenvalue weighted by molar-refractivity contribution is 0.188. The zero-order valence-corrected chi connectivity index (χ0v) is 13.3. The molecule has 0 saturated heterocycles. The minimum atomic E-state index is 0.264. The molecule has 0 aliphatic heterocycles. The molecule has 18 heavy (non-hydrogen) atoms. The molecule has 0 amide bonds. The Morgan fingerprint density at radius 3 is 2.44 bits per heavy atom. The molecule has 2 nitrogen and oxygen atoms in total. The Morgan fingerprint density at radius 2 is 1.94 bits per heavy atom. The Balaban J connectivity index is 2.16. The molecule has 0 spiro atoms. The molecule has 0 aromatic rings. The molecular formula is C16H34N2. The molecule has 1 unspecified atom stereocenters. The zero-order chi connectivity index (χ0) is 13.6. The van der Waals surface area contributed by atoms with Gasteiger partial charge in [0.25, 0.3) is 0 Å². The van der Waals surface area contributed by atoms with E-state index in [0.29, 0.717) is 0 Å². The number of rotatable bonds is 9. The number of hydrogen-bond acceptors (Lipinski definition) is 2. The van der Waals surface area contributed by atoms with E-state index in [9.17, 15) is 0 Å². The fraction of sp³-hybridized carbons (Fsp3) is 1.00. The third-order valence-electron chi connectivity index (χ3n) is 3.78. The van der Waals surface area contributed by atoms with Crippen LogP contribution in [-0.2, 0) is 0 Å². The zero-order valence-electron chi connectivity index (χ0n) is 13.3. The Morgan fingerprint density at radius 1 is 1.28 bits per heavy atom. The van der Waals surface area contributed by atoms with Gasteiger partial charge in [0, 0.05) is 18.1 Å². The van der Waals surface area contributed by atoms with Crippen molar-refractivity contribution in [3.05, 3.63) is 0 Å². The average molecular weight is 254 g/mol. The fourth-order valence-electron chi connectivity index (χ4n) is 2.45. The van der Waals surface area contributed by atoms with E-state index in [-0.39, 0.29) is 5.54 Å². The number of hydrogen-bond donors (Lipinski definition) is 1. The predicted octanol–water partition coefficient (Wildman–Crippen LogP) is 3.67. The first-order chi connectivity index (χ1) is 8.42. The van der Waals surface area contributed by atoms with Gasteiger partial charge in [0.05, 0.1) is 0 Å². The average Bonchev–Trinajstić information content (AvgIpc) is 3.06. The van der Waals surface area contributed by atoms with Gasteiger partial charge in [-0.15, -0.1) is 0 Å². The molecule has 1 aliphatic carbocycles. The summed E-state index contributed by atoms with van der Waals surface area (Å²) >= 11 is 0. The molecule has 0 aromatic carbocycles. The van der Waals surface area contributed by atoms with Crippen molar-refractivity contribution >= 4 is 0 Å². The van der Waals surface area contributed by atoms with Crippen LogP contribution in [-0.4, -0.2) is 36.1 Å². The lowest BCUT2D eigenvalue weighted by Crippen LogP contribution is -2.38. The van der Waals surface area contributed by atoms with Gasteiger partial charge in [0.15, 0.2) is 0 Å². The van der Waals surface area contributed by atoms with E-state index < -0.39 is 0 Å². The van der Waals surface area contributed by atoms with Gasteiger partial charge in [0.2, 0.25) is 0 Å². The fourth-order valence-corrected chi connectivity index (χ4v) is 2.45. The second-order valence-corrected chi connectivity index (χ2v) is 7.11. The van der Waals surface area contributed by atoms with Crippen LogP contribution in [0.3, 0.4) is 0 Å². The largest absolute Gasteiger partial charge is 0.312 e. The summed E-state index contributed by atoms with van der Waals surface area (Å²) in [5, 5.41) is 3.58. The van der Waals surface area contributed by atoms with E-state index in [0.717, 1.165) is 18.5 Å². The lowest BCUT2D eigenvalue weighted by Gasteiger charge is -2.29. The van der Waals surface area contributed by atoms with E-state index in [1.165, 1.54) is 45.2 Å². The summed E-state index contributed by atoms with van der Waals surface area (Å²) in [6.45, 7) is 15.2. The van der Waals surface area contributed by atoms with Gasteiger partial charge < -0.3 is 10.2 Å². The first-order valence-electron chi connectivity index (χ1n) is 7.91. The maximum atomic E-state index is 3.58. The van der Waals surface area contributed by atoms with Crippen LogP contribution >= 0.6 is 0 Å². The van der Waals surface area contributed by atoms with E-state index in [1.807, 2.05) is 0 Å². The maximum Gasteiger partial charge on any atom is 0.00965 e. The van der Waals surface area contributed by atoms with Crippen LogP contribution in [0.15, 0.2) is 0 Å². The van der Waals surface area contributed by atoms with Gasteiger partial charge in [0.1, 0.15) is 0 Å². The molecule has 0 bridgehead atoms. The minimum absolute atomic E-state index is 0.264. The van der Waals surface area contributed by atoms with Crippen LogP contribution in [0.2, 0.25) is 0 Å². The Hall–Kier alpha value is -0.0800. The number of nitrogens with one attached hydrogen (secondary N) is 1. The Kier molecular flexibility index (Phi) is 6.65. The summed E-state index contributed by atoms with van der Waals surface area (Å²) in [4.78, 5) is 2.72. The van der Waals surface area contributed by atoms with E-state index >= 15 is 0 Å². The highest BCUT2D eigenvalue weighted by Crippen LogP contribution is 2.30. The van der Waals surface area contributed by atoms with E-state index in [2.05, 4.69) is 44.8 Å². The van der Waals surface area contributed by atoms with E-state index in [1.54, 1.807) is 0 Å². The molecule has 0 heterocycles. The topological polar surface area (TPSA) is 15.3 Å². The molecule has 1 aliphatic rings. The van der Waals surface area contributed by atoms with Crippen LogP contribution in [0, 0.1) is 5.92 Å². The molecule has 1 atom stereocenters. The molecular weight excluding hydrogens is 220 g/mol. The van der Waals surface area contributed by atoms with Crippen molar-refractivity contribution in [2.24, 2.45) is 5.92 Å². The molecule has 108 valence electrons. The highest BCUT2D eigenvalue weighted by Gasteiger charge is 2.25. The molecule has 0 radical (unpaired) electrons. The SMILES string of the molecule is CCCN(CC1CC1)C(C)CCCNC(C)(C)C. The summed E-state index contributed by atoms with van der Waals surface area (Å²) < 4.78 is 0. The van der Waals surface area contributed by atoms with Crippen LogP contribution in [0.5, 0.6) is 0 Å². The van der Waals surface area contributed by atoms with Gasteiger partial charge in [-0.1, -0.05) is 6.92 Å². The summed E-state index contributed by atoms with van der Waals surface area (Å²) in [7, 11) is 0. The van der Waals surface area contributed by atoms with Crippen LogP contribution < -0.4 is 5.32 Å². The quantitative estimate of drug-likeness (QED) is 0.632. The van der Waals surface area contributed by atoms with Crippen LogP contribution in [0.25, 0.3) is 0 Å². The highest BCUT2D eigenvalue weighted by atomic mass is 15.2.